The summed E-state index contributed by atoms with van der Waals surface area (Å²) in [6.45, 7) is 11.3. The Morgan fingerprint density at radius 2 is 0.882 bits per heavy atom. The number of hydrogen-bond donors (Lipinski definition) is 0. The van der Waals surface area contributed by atoms with Crippen LogP contribution in [0.15, 0.2) is 176 Å². The van der Waals surface area contributed by atoms with Gasteiger partial charge in [0.1, 0.15) is 0 Å². The number of benzene rings is 9. The van der Waals surface area contributed by atoms with E-state index < -0.39 is 52.5 Å². The molecule has 0 N–H and O–H groups in total. The molecular formula is C61H35F12N3. The van der Waals surface area contributed by atoms with E-state index >= 15 is 0 Å². The first kappa shape index (κ1) is 49.4. The van der Waals surface area contributed by atoms with Crippen LogP contribution in [0.3, 0.4) is 0 Å². The molecule has 9 aromatic carbocycles. The van der Waals surface area contributed by atoms with E-state index in [0.29, 0.717) is 83.3 Å². The number of alkyl halides is 12. The third kappa shape index (κ3) is 8.38. The lowest BCUT2D eigenvalue weighted by atomic mass is 9.91. The van der Waals surface area contributed by atoms with Gasteiger partial charge in [0.25, 0.3) is 0 Å². The molecule has 0 atom stereocenters. The van der Waals surface area contributed by atoms with E-state index in [2.05, 4.69) is 4.85 Å². The molecule has 0 aliphatic rings. The molecule has 0 radical (unpaired) electrons. The second-order valence-corrected chi connectivity index (χ2v) is 18.5. The van der Waals surface area contributed by atoms with Gasteiger partial charge in [-0.2, -0.15) is 52.7 Å². The van der Waals surface area contributed by atoms with Gasteiger partial charge < -0.3 is 9.13 Å². The molecule has 11 rings (SSSR count). The summed E-state index contributed by atoms with van der Waals surface area (Å²) in [7, 11) is 0. The fourth-order valence-corrected chi connectivity index (χ4v) is 10.5. The number of halogens is 12. The lowest BCUT2D eigenvalue weighted by Crippen LogP contribution is -2.12. The highest BCUT2D eigenvalue weighted by atomic mass is 19.4. The number of rotatable bonds is 6. The van der Waals surface area contributed by atoms with E-state index in [-0.39, 0.29) is 39.6 Å². The average Bonchev–Trinajstić information content (AvgIpc) is 3.95. The molecule has 15 heteroatoms. The summed E-state index contributed by atoms with van der Waals surface area (Å²) in [4.78, 5) is 3.74. The SMILES string of the molecule is [C-]#[N+]c1ccc(-n2c3ccccc3c3cc(-c4ccc(C(F)(F)F)cc4C(F)(F)F)ccc32)c(-c2ccc(-c3c(C)cccc3C(F)(F)F)cc2-n2c3ccccc3c3cc(-c4ccc(C)cc4C(F)(F)F)ccc32)c1. The van der Waals surface area contributed by atoms with Gasteiger partial charge in [-0.05, 0) is 137 Å². The maximum atomic E-state index is 15.0. The molecular weight excluding hydrogens is 1000 g/mol. The van der Waals surface area contributed by atoms with Crippen LogP contribution in [0, 0.1) is 20.4 Å². The monoisotopic (exact) mass is 1040 g/mol. The van der Waals surface area contributed by atoms with Gasteiger partial charge in [-0.25, -0.2) is 4.85 Å². The first-order valence-electron chi connectivity index (χ1n) is 23.4. The van der Waals surface area contributed by atoms with E-state index in [1.54, 1.807) is 135 Å². The van der Waals surface area contributed by atoms with Crippen LogP contribution in [0.5, 0.6) is 0 Å². The molecule has 0 bridgehead atoms. The van der Waals surface area contributed by atoms with Crippen LogP contribution in [0.4, 0.5) is 58.4 Å². The number of aromatic nitrogens is 2. The quantitative estimate of drug-likeness (QED) is 0.116. The predicted molar refractivity (Wildman–Crippen MR) is 273 cm³/mol. The van der Waals surface area contributed by atoms with Gasteiger partial charge >= 0.3 is 24.7 Å². The Morgan fingerprint density at radius 1 is 0.368 bits per heavy atom. The zero-order chi connectivity index (χ0) is 53.8. The summed E-state index contributed by atoms with van der Waals surface area (Å²) >= 11 is 0. The van der Waals surface area contributed by atoms with E-state index in [4.69, 9.17) is 6.57 Å². The van der Waals surface area contributed by atoms with Crippen molar-refractivity contribution in [2.24, 2.45) is 0 Å². The summed E-state index contributed by atoms with van der Waals surface area (Å²) in [5.41, 5.74) is -0.402. The van der Waals surface area contributed by atoms with Crippen molar-refractivity contribution in [1.82, 2.24) is 9.13 Å². The van der Waals surface area contributed by atoms with Crippen LogP contribution in [0.1, 0.15) is 33.4 Å². The molecule has 2 aromatic heterocycles. The van der Waals surface area contributed by atoms with Gasteiger partial charge in [0, 0.05) is 27.1 Å². The Kier molecular flexibility index (Phi) is 11.5. The number of nitrogens with zero attached hydrogens (tertiary/aromatic N) is 3. The predicted octanol–water partition coefficient (Wildman–Crippen LogP) is 19.8. The van der Waals surface area contributed by atoms with Crippen molar-refractivity contribution in [3.8, 4) is 55.9 Å². The Morgan fingerprint density at radius 3 is 1.45 bits per heavy atom. The van der Waals surface area contributed by atoms with Crippen LogP contribution in [0.2, 0.25) is 0 Å². The summed E-state index contributed by atoms with van der Waals surface area (Å²) in [5.74, 6) is 0. The molecule has 2 heterocycles. The van der Waals surface area contributed by atoms with Gasteiger partial charge in [0.15, 0.2) is 5.69 Å². The molecule has 0 spiro atoms. The van der Waals surface area contributed by atoms with E-state index in [9.17, 15) is 52.7 Å². The van der Waals surface area contributed by atoms with Gasteiger partial charge in [0.2, 0.25) is 0 Å². The number of para-hydroxylation sites is 2. The molecule has 378 valence electrons. The highest BCUT2D eigenvalue weighted by Gasteiger charge is 2.39. The first-order chi connectivity index (χ1) is 36.0. The maximum Gasteiger partial charge on any atom is 0.417 e. The van der Waals surface area contributed by atoms with Gasteiger partial charge in [-0.1, -0.05) is 103 Å². The Hall–Kier alpha value is -8.77. The minimum absolute atomic E-state index is 0.0149. The third-order valence-corrected chi connectivity index (χ3v) is 13.8. The normalized spacial score (nSPS) is 12.6. The molecule has 11 aromatic rings. The molecule has 76 heavy (non-hydrogen) atoms. The zero-order valence-corrected chi connectivity index (χ0v) is 39.6. The molecule has 0 aliphatic carbocycles. The van der Waals surface area contributed by atoms with Crippen LogP contribution in [-0.2, 0) is 24.7 Å². The van der Waals surface area contributed by atoms with Crippen molar-refractivity contribution in [1.29, 1.82) is 0 Å². The van der Waals surface area contributed by atoms with Crippen molar-refractivity contribution in [3.05, 3.63) is 221 Å². The molecule has 3 nitrogen and oxygen atoms in total. The van der Waals surface area contributed by atoms with Crippen molar-refractivity contribution < 1.29 is 52.7 Å². The molecule has 0 saturated carbocycles. The lowest BCUT2D eigenvalue weighted by Gasteiger charge is -2.22. The summed E-state index contributed by atoms with van der Waals surface area (Å²) in [6.07, 6.45) is -19.7. The van der Waals surface area contributed by atoms with Crippen LogP contribution in [-0.4, -0.2) is 9.13 Å². The van der Waals surface area contributed by atoms with E-state index in [0.717, 1.165) is 18.2 Å². The summed E-state index contributed by atoms with van der Waals surface area (Å²) in [5, 5.41) is 2.12. The van der Waals surface area contributed by atoms with Crippen molar-refractivity contribution in [3.63, 3.8) is 0 Å². The van der Waals surface area contributed by atoms with Gasteiger partial charge in [-0.3, -0.25) is 0 Å². The largest absolute Gasteiger partial charge is 0.417 e. The highest BCUT2D eigenvalue weighted by Crippen LogP contribution is 2.48. The standard InChI is InChI=1S/C61H35F12N3/c1-33-15-21-40(49(27-33)60(68,69)70)35-18-25-54-46(28-35)43-11-5-7-14-52(43)76(54)56-30-37(57-34(2)9-8-12-48(57)59(65,66)67)16-22-44(56)47-32-39(74-3)20-26-55(47)75-51-13-6-4-10-42(51)45-29-36(17-24-53(45)75)41-23-19-38(58(62,63)64)31-50(41)61(71,72)73/h4-32H,1-2H3. The zero-order valence-electron chi connectivity index (χ0n) is 39.6. The lowest BCUT2D eigenvalue weighted by molar-refractivity contribution is -0.143. The number of aryl methyl sites for hydroxylation is 2. The highest BCUT2D eigenvalue weighted by molar-refractivity contribution is 6.13. The third-order valence-electron chi connectivity index (χ3n) is 13.8. The summed E-state index contributed by atoms with van der Waals surface area (Å²) in [6, 6.07) is 42.5. The molecule has 0 unspecified atom stereocenters. The number of hydrogen-bond acceptors (Lipinski definition) is 0. The van der Waals surface area contributed by atoms with E-state index in [1.807, 2.05) is 9.13 Å². The molecule has 0 amide bonds. The smallest absolute Gasteiger partial charge is 0.309 e. The van der Waals surface area contributed by atoms with Crippen LogP contribution >= 0.6 is 0 Å². The Balaban J connectivity index is 1.20. The van der Waals surface area contributed by atoms with Gasteiger partial charge in [-0.15, -0.1) is 0 Å². The van der Waals surface area contributed by atoms with E-state index in [1.165, 1.54) is 24.3 Å². The molecule has 0 saturated heterocycles. The molecule has 0 aliphatic heterocycles. The topological polar surface area (TPSA) is 14.2 Å². The van der Waals surface area contributed by atoms with Crippen molar-refractivity contribution in [2.45, 2.75) is 38.6 Å². The second-order valence-electron chi connectivity index (χ2n) is 18.5. The number of fused-ring (bicyclic) bond motifs is 6. The fourth-order valence-electron chi connectivity index (χ4n) is 10.5. The Bertz CT molecular complexity index is 4220. The first-order valence-corrected chi connectivity index (χ1v) is 23.4. The second kappa shape index (κ2) is 17.7. The summed E-state index contributed by atoms with van der Waals surface area (Å²) < 4.78 is 177. The van der Waals surface area contributed by atoms with Crippen molar-refractivity contribution in [2.75, 3.05) is 0 Å². The maximum absolute atomic E-state index is 15.0. The van der Waals surface area contributed by atoms with Crippen LogP contribution < -0.4 is 0 Å². The minimum Gasteiger partial charge on any atom is -0.309 e. The Labute approximate surface area is 424 Å². The fraction of sp³-hybridized carbons (Fsp3) is 0.0984. The van der Waals surface area contributed by atoms with Crippen LogP contribution in [0.25, 0.3) is 104 Å². The van der Waals surface area contributed by atoms with Gasteiger partial charge in [0.05, 0.1) is 62.3 Å². The minimum atomic E-state index is -5.16. The van der Waals surface area contributed by atoms with Crippen molar-refractivity contribution >= 4 is 49.3 Å². The molecule has 0 fully saturated rings. The average molecular weight is 1040 g/mol.